The maximum atomic E-state index is 12.7. The lowest BCUT2D eigenvalue weighted by atomic mass is 10.3. The smallest absolute Gasteiger partial charge is 0.243 e. The fourth-order valence-electron chi connectivity index (χ4n) is 2.80. The molecule has 25 heavy (non-hydrogen) atoms. The van der Waals surface area contributed by atoms with Gasteiger partial charge in [-0.2, -0.15) is 8.82 Å². The summed E-state index contributed by atoms with van der Waals surface area (Å²) in [6.45, 7) is 1.99. The highest BCUT2D eigenvalue weighted by molar-refractivity contribution is 9.10. The molecule has 8 nitrogen and oxygen atoms in total. The lowest BCUT2D eigenvalue weighted by Gasteiger charge is -2.34. The standard InChI is InChI=1S/C15H15BrN6O2S/c16-12-1-3-13(4-2-12)25(23,24)21-9-7-20(8-10-21)15-6-5-14-18-17-11-22(14)19-15/h1-6,11H,7-10H2. The molecule has 1 fully saturated rings. The van der Waals surface area contributed by atoms with E-state index in [1.54, 1.807) is 35.1 Å². The molecule has 0 bridgehead atoms. The maximum Gasteiger partial charge on any atom is 0.243 e. The molecule has 0 aliphatic carbocycles. The van der Waals surface area contributed by atoms with Crippen LogP contribution in [0.2, 0.25) is 0 Å². The molecule has 1 saturated heterocycles. The van der Waals surface area contributed by atoms with Crippen LogP contribution in [0.3, 0.4) is 0 Å². The molecule has 0 unspecified atom stereocenters. The summed E-state index contributed by atoms with van der Waals surface area (Å²) in [4.78, 5) is 2.38. The molecule has 0 atom stereocenters. The Morgan fingerprint density at radius 2 is 1.68 bits per heavy atom. The average Bonchev–Trinajstić information content (AvgIpc) is 3.10. The molecule has 4 rings (SSSR count). The van der Waals surface area contributed by atoms with Crippen molar-refractivity contribution in [2.75, 3.05) is 31.1 Å². The highest BCUT2D eigenvalue weighted by Gasteiger charge is 2.29. The Bertz CT molecular complexity index is 996. The van der Waals surface area contributed by atoms with Gasteiger partial charge in [-0.3, -0.25) is 0 Å². The van der Waals surface area contributed by atoms with Crippen LogP contribution in [0.1, 0.15) is 0 Å². The van der Waals surface area contributed by atoms with Gasteiger partial charge in [-0.1, -0.05) is 15.9 Å². The summed E-state index contributed by atoms with van der Waals surface area (Å²) in [5, 5.41) is 12.2. The molecule has 3 aromatic rings. The number of nitrogens with zero attached hydrogens (tertiary/aromatic N) is 6. The van der Waals surface area contributed by atoms with E-state index in [9.17, 15) is 8.42 Å². The minimum atomic E-state index is -3.47. The Hall–Kier alpha value is -2.04. The van der Waals surface area contributed by atoms with Crippen LogP contribution in [-0.2, 0) is 10.0 Å². The van der Waals surface area contributed by atoms with Gasteiger partial charge in [-0.25, -0.2) is 8.42 Å². The van der Waals surface area contributed by atoms with Crippen LogP contribution in [0, 0.1) is 0 Å². The second-order valence-corrected chi connectivity index (χ2v) is 8.52. The summed E-state index contributed by atoms with van der Waals surface area (Å²) in [6.07, 6.45) is 1.55. The van der Waals surface area contributed by atoms with Crippen LogP contribution < -0.4 is 4.90 Å². The number of rotatable bonds is 3. The highest BCUT2D eigenvalue weighted by Crippen LogP contribution is 2.21. The number of piperazine rings is 1. The van der Waals surface area contributed by atoms with E-state index in [4.69, 9.17) is 0 Å². The van der Waals surface area contributed by atoms with Crippen molar-refractivity contribution in [3.8, 4) is 0 Å². The summed E-state index contributed by atoms with van der Waals surface area (Å²) in [6, 6.07) is 10.4. The van der Waals surface area contributed by atoms with Crippen LogP contribution in [0.15, 0.2) is 52.1 Å². The van der Waals surface area contributed by atoms with Crippen molar-refractivity contribution in [2.24, 2.45) is 0 Å². The predicted molar refractivity (Wildman–Crippen MR) is 95.9 cm³/mol. The lowest BCUT2D eigenvalue weighted by molar-refractivity contribution is 0.383. The summed E-state index contributed by atoms with van der Waals surface area (Å²) in [7, 11) is -3.47. The van der Waals surface area contributed by atoms with Crippen LogP contribution >= 0.6 is 15.9 Å². The Balaban J connectivity index is 1.49. The summed E-state index contributed by atoms with van der Waals surface area (Å²) in [5.41, 5.74) is 0.681. The fourth-order valence-corrected chi connectivity index (χ4v) is 4.49. The molecule has 130 valence electrons. The fraction of sp³-hybridized carbons (Fsp3) is 0.267. The van der Waals surface area contributed by atoms with Gasteiger partial charge < -0.3 is 4.90 Å². The van der Waals surface area contributed by atoms with E-state index in [1.807, 2.05) is 12.1 Å². The predicted octanol–water partition coefficient (Wildman–Crippen LogP) is 1.40. The topological polar surface area (TPSA) is 83.7 Å². The Morgan fingerprint density at radius 1 is 0.960 bits per heavy atom. The maximum absolute atomic E-state index is 12.7. The van der Waals surface area contributed by atoms with E-state index in [0.717, 1.165) is 10.3 Å². The van der Waals surface area contributed by atoms with Crippen molar-refractivity contribution in [2.45, 2.75) is 4.90 Å². The zero-order valence-corrected chi connectivity index (χ0v) is 15.6. The molecule has 1 aromatic carbocycles. The number of sulfonamides is 1. The number of aromatic nitrogens is 4. The molecule has 0 radical (unpaired) electrons. The number of benzene rings is 1. The summed E-state index contributed by atoms with van der Waals surface area (Å²) < 4.78 is 29.5. The van der Waals surface area contributed by atoms with Crippen molar-refractivity contribution in [1.29, 1.82) is 0 Å². The quantitative estimate of drug-likeness (QED) is 0.634. The van der Waals surface area contributed by atoms with Gasteiger partial charge in [0.1, 0.15) is 12.1 Å². The van der Waals surface area contributed by atoms with Gasteiger partial charge in [0.05, 0.1) is 4.90 Å². The Morgan fingerprint density at radius 3 is 2.40 bits per heavy atom. The van der Waals surface area contributed by atoms with Crippen LogP contribution in [-0.4, -0.2) is 58.7 Å². The van der Waals surface area contributed by atoms with Crippen LogP contribution in [0.5, 0.6) is 0 Å². The van der Waals surface area contributed by atoms with Crippen molar-refractivity contribution in [1.82, 2.24) is 24.1 Å². The van der Waals surface area contributed by atoms with E-state index in [1.165, 1.54) is 4.31 Å². The molecule has 0 spiro atoms. The minimum Gasteiger partial charge on any atom is -0.353 e. The van der Waals surface area contributed by atoms with Crippen molar-refractivity contribution in [3.05, 3.63) is 47.2 Å². The third kappa shape index (κ3) is 3.12. The first-order valence-electron chi connectivity index (χ1n) is 7.72. The zero-order chi connectivity index (χ0) is 17.4. The first-order valence-corrected chi connectivity index (χ1v) is 9.95. The first-order chi connectivity index (χ1) is 12.0. The second kappa shape index (κ2) is 6.36. The number of halogens is 1. The molecule has 1 aliphatic rings. The molecule has 0 amide bonds. The Labute approximate surface area is 153 Å². The van der Waals surface area contributed by atoms with Crippen molar-refractivity contribution >= 4 is 37.4 Å². The van der Waals surface area contributed by atoms with E-state index in [-0.39, 0.29) is 0 Å². The van der Waals surface area contributed by atoms with Gasteiger partial charge in [0.2, 0.25) is 10.0 Å². The normalized spacial score (nSPS) is 16.4. The minimum absolute atomic E-state index is 0.313. The van der Waals surface area contributed by atoms with Gasteiger partial charge in [0.15, 0.2) is 5.65 Å². The molecule has 3 heterocycles. The van der Waals surface area contributed by atoms with Gasteiger partial charge in [0.25, 0.3) is 0 Å². The summed E-state index contributed by atoms with van der Waals surface area (Å²) in [5.74, 6) is 0.785. The van der Waals surface area contributed by atoms with Gasteiger partial charge in [0, 0.05) is 30.7 Å². The monoisotopic (exact) mass is 422 g/mol. The average molecular weight is 423 g/mol. The first kappa shape index (κ1) is 16.4. The second-order valence-electron chi connectivity index (χ2n) is 5.67. The van der Waals surface area contributed by atoms with E-state index in [0.29, 0.717) is 36.7 Å². The van der Waals surface area contributed by atoms with Gasteiger partial charge in [-0.05, 0) is 36.4 Å². The van der Waals surface area contributed by atoms with Crippen molar-refractivity contribution < 1.29 is 8.42 Å². The molecule has 10 heteroatoms. The van der Waals surface area contributed by atoms with Gasteiger partial charge in [-0.15, -0.1) is 15.3 Å². The number of hydrogen-bond acceptors (Lipinski definition) is 6. The van der Waals surface area contributed by atoms with Crippen LogP contribution in [0.25, 0.3) is 5.65 Å². The number of hydrogen-bond donors (Lipinski definition) is 0. The van der Waals surface area contributed by atoms with Gasteiger partial charge >= 0.3 is 0 Å². The number of fused-ring (bicyclic) bond motifs is 1. The van der Waals surface area contributed by atoms with Crippen LogP contribution in [0.4, 0.5) is 5.82 Å². The summed E-state index contributed by atoms with van der Waals surface area (Å²) >= 11 is 3.32. The van der Waals surface area contributed by atoms with E-state index < -0.39 is 10.0 Å². The van der Waals surface area contributed by atoms with E-state index >= 15 is 0 Å². The van der Waals surface area contributed by atoms with E-state index in [2.05, 4.69) is 36.1 Å². The molecule has 2 aromatic heterocycles. The molecule has 1 aliphatic heterocycles. The highest BCUT2D eigenvalue weighted by atomic mass is 79.9. The molecule has 0 saturated carbocycles. The zero-order valence-electron chi connectivity index (χ0n) is 13.2. The largest absolute Gasteiger partial charge is 0.353 e. The van der Waals surface area contributed by atoms with Crippen molar-refractivity contribution in [3.63, 3.8) is 0 Å². The third-order valence-corrected chi connectivity index (χ3v) is 6.60. The lowest BCUT2D eigenvalue weighted by Crippen LogP contribution is -2.49. The molecular weight excluding hydrogens is 408 g/mol. The Kier molecular flexibility index (Phi) is 4.18. The molecule has 0 N–H and O–H groups in total. The third-order valence-electron chi connectivity index (χ3n) is 4.16. The molecular formula is C15H15BrN6O2S. The number of anilines is 1. The SMILES string of the molecule is O=S(=O)(c1ccc(Br)cc1)N1CCN(c2ccc3nncn3n2)CC1.